The minimum absolute atomic E-state index is 0.316. The zero-order valence-corrected chi connectivity index (χ0v) is 15.4. The zero-order chi connectivity index (χ0) is 19.9. The van der Waals surface area contributed by atoms with E-state index < -0.39 is 11.9 Å². The van der Waals surface area contributed by atoms with Crippen LogP contribution >= 0.6 is 0 Å². The number of hydrogen-bond donors (Lipinski definition) is 0. The number of carbonyl (C=O) groups is 2. The molecule has 0 saturated heterocycles. The van der Waals surface area contributed by atoms with E-state index in [1.165, 1.54) is 24.3 Å². The fourth-order valence-electron chi connectivity index (χ4n) is 2.36. The van der Waals surface area contributed by atoms with Gasteiger partial charge in [0.1, 0.15) is 23.0 Å². The molecular formula is C22H18O6. The Bertz CT molecular complexity index is 863. The molecule has 0 N–H and O–H groups in total. The molecule has 0 unspecified atom stereocenters. The summed E-state index contributed by atoms with van der Waals surface area (Å²) < 4.78 is 20.7. The predicted molar refractivity (Wildman–Crippen MR) is 102 cm³/mol. The minimum atomic E-state index is -0.528. The maximum Gasteiger partial charge on any atom is 0.343 e. The zero-order valence-electron chi connectivity index (χ0n) is 15.4. The first kappa shape index (κ1) is 19.0. The summed E-state index contributed by atoms with van der Waals surface area (Å²) in [6.45, 7) is 0. The van der Waals surface area contributed by atoms with Gasteiger partial charge < -0.3 is 18.9 Å². The lowest BCUT2D eigenvalue weighted by Crippen LogP contribution is -2.11. The van der Waals surface area contributed by atoms with Crippen LogP contribution in [0, 0.1) is 0 Å². The summed E-state index contributed by atoms with van der Waals surface area (Å²) in [4.78, 5) is 24.4. The number of rotatable bonds is 6. The first-order chi connectivity index (χ1) is 13.6. The topological polar surface area (TPSA) is 71.1 Å². The van der Waals surface area contributed by atoms with Crippen LogP contribution in [-0.4, -0.2) is 26.2 Å². The summed E-state index contributed by atoms with van der Waals surface area (Å²) >= 11 is 0. The van der Waals surface area contributed by atoms with Crippen molar-refractivity contribution in [3.63, 3.8) is 0 Å². The Morgan fingerprint density at radius 3 is 1.07 bits per heavy atom. The Hall–Kier alpha value is -3.80. The molecule has 0 saturated carbocycles. The van der Waals surface area contributed by atoms with Crippen molar-refractivity contribution in [3.05, 3.63) is 83.9 Å². The number of ether oxygens (including phenoxy) is 4. The summed E-state index contributed by atoms with van der Waals surface area (Å²) in [5, 5.41) is 0. The Morgan fingerprint density at radius 1 is 0.500 bits per heavy atom. The SMILES string of the molecule is COc1ccc(OC(=O)c2ccc(C(=O)Oc3ccc(OC)cc3)cc2)cc1. The van der Waals surface area contributed by atoms with Crippen molar-refractivity contribution in [3.8, 4) is 23.0 Å². The number of carbonyl (C=O) groups excluding carboxylic acids is 2. The fraction of sp³-hybridized carbons (Fsp3) is 0.0909. The van der Waals surface area contributed by atoms with E-state index in [-0.39, 0.29) is 0 Å². The molecule has 6 nitrogen and oxygen atoms in total. The highest BCUT2D eigenvalue weighted by Crippen LogP contribution is 2.20. The number of esters is 2. The van der Waals surface area contributed by atoms with E-state index in [2.05, 4.69) is 0 Å². The van der Waals surface area contributed by atoms with Gasteiger partial charge in [0.2, 0.25) is 0 Å². The molecule has 0 aliphatic heterocycles. The van der Waals surface area contributed by atoms with Gasteiger partial charge in [0, 0.05) is 0 Å². The van der Waals surface area contributed by atoms with Gasteiger partial charge in [-0.05, 0) is 72.8 Å². The van der Waals surface area contributed by atoms with Gasteiger partial charge in [0.25, 0.3) is 0 Å². The lowest BCUT2D eigenvalue weighted by molar-refractivity contribution is 0.0720. The van der Waals surface area contributed by atoms with Crippen molar-refractivity contribution in [1.82, 2.24) is 0 Å². The molecule has 28 heavy (non-hydrogen) atoms. The van der Waals surface area contributed by atoms with E-state index in [0.717, 1.165) is 0 Å². The summed E-state index contributed by atoms with van der Waals surface area (Å²) in [5.41, 5.74) is 0.633. The highest BCUT2D eigenvalue weighted by molar-refractivity contribution is 5.94. The summed E-state index contributed by atoms with van der Waals surface area (Å²) in [7, 11) is 3.12. The van der Waals surface area contributed by atoms with E-state index >= 15 is 0 Å². The molecule has 3 rings (SSSR count). The molecule has 0 amide bonds. The molecular weight excluding hydrogens is 360 g/mol. The molecule has 6 heteroatoms. The van der Waals surface area contributed by atoms with Crippen molar-refractivity contribution in [1.29, 1.82) is 0 Å². The molecule has 142 valence electrons. The van der Waals surface area contributed by atoms with Gasteiger partial charge in [0.05, 0.1) is 25.3 Å². The van der Waals surface area contributed by atoms with Gasteiger partial charge in [-0.15, -0.1) is 0 Å². The minimum Gasteiger partial charge on any atom is -0.497 e. The van der Waals surface area contributed by atoms with Crippen LogP contribution < -0.4 is 18.9 Å². The van der Waals surface area contributed by atoms with Crippen molar-refractivity contribution in [2.24, 2.45) is 0 Å². The van der Waals surface area contributed by atoms with E-state index in [9.17, 15) is 9.59 Å². The molecule has 0 fully saturated rings. The molecule has 3 aromatic carbocycles. The molecule has 0 spiro atoms. The number of hydrogen-bond acceptors (Lipinski definition) is 6. The second-order valence-electron chi connectivity index (χ2n) is 5.71. The van der Waals surface area contributed by atoms with E-state index in [4.69, 9.17) is 18.9 Å². The Labute approximate surface area is 162 Å². The fourth-order valence-corrected chi connectivity index (χ4v) is 2.36. The molecule has 0 aromatic heterocycles. The monoisotopic (exact) mass is 378 g/mol. The predicted octanol–water partition coefficient (Wildman–Crippen LogP) is 4.14. The van der Waals surface area contributed by atoms with Gasteiger partial charge in [-0.25, -0.2) is 9.59 Å². The van der Waals surface area contributed by atoms with Crippen LogP contribution in [0.4, 0.5) is 0 Å². The highest BCUT2D eigenvalue weighted by Gasteiger charge is 2.12. The third kappa shape index (κ3) is 4.67. The maximum atomic E-state index is 12.2. The average Bonchev–Trinajstić information content (AvgIpc) is 2.75. The van der Waals surface area contributed by atoms with E-state index in [1.807, 2.05) is 0 Å². The normalized spacial score (nSPS) is 10.1. The van der Waals surface area contributed by atoms with Crippen molar-refractivity contribution in [2.45, 2.75) is 0 Å². The first-order valence-electron chi connectivity index (χ1n) is 8.41. The molecule has 0 radical (unpaired) electrons. The van der Waals surface area contributed by atoms with Gasteiger partial charge in [-0.3, -0.25) is 0 Å². The summed E-state index contributed by atoms with van der Waals surface area (Å²) in [6.07, 6.45) is 0. The second-order valence-corrected chi connectivity index (χ2v) is 5.71. The van der Waals surface area contributed by atoms with Crippen LogP contribution in [0.25, 0.3) is 0 Å². The Morgan fingerprint density at radius 2 is 0.786 bits per heavy atom. The van der Waals surface area contributed by atoms with Gasteiger partial charge >= 0.3 is 11.9 Å². The van der Waals surface area contributed by atoms with Crippen LogP contribution in [0.3, 0.4) is 0 Å². The third-order valence-electron chi connectivity index (χ3n) is 3.90. The largest absolute Gasteiger partial charge is 0.497 e. The first-order valence-corrected chi connectivity index (χ1v) is 8.41. The van der Waals surface area contributed by atoms with Gasteiger partial charge in [-0.2, -0.15) is 0 Å². The van der Waals surface area contributed by atoms with Crippen LogP contribution in [-0.2, 0) is 0 Å². The smallest absolute Gasteiger partial charge is 0.343 e. The van der Waals surface area contributed by atoms with E-state index in [1.54, 1.807) is 62.8 Å². The molecule has 0 bridgehead atoms. The second kappa shape index (κ2) is 8.73. The van der Waals surface area contributed by atoms with Gasteiger partial charge in [-0.1, -0.05) is 0 Å². The number of benzene rings is 3. The maximum absolute atomic E-state index is 12.2. The van der Waals surface area contributed by atoms with Crippen molar-refractivity contribution in [2.75, 3.05) is 14.2 Å². The molecule has 0 heterocycles. The number of methoxy groups -OCH3 is 2. The third-order valence-corrected chi connectivity index (χ3v) is 3.90. The highest BCUT2D eigenvalue weighted by atomic mass is 16.5. The van der Waals surface area contributed by atoms with Gasteiger partial charge in [0.15, 0.2) is 0 Å². The van der Waals surface area contributed by atoms with E-state index in [0.29, 0.717) is 34.1 Å². The molecule has 0 aliphatic rings. The molecule has 0 atom stereocenters. The Balaban J connectivity index is 1.62. The Kier molecular flexibility index (Phi) is 5.91. The quantitative estimate of drug-likeness (QED) is 0.474. The lowest BCUT2D eigenvalue weighted by Gasteiger charge is -2.07. The van der Waals surface area contributed by atoms with Crippen molar-refractivity contribution < 1.29 is 28.5 Å². The summed E-state index contributed by atoms with van der Waals surface area (Å²) in [5.74, 6) is 1.07. The van der Waals surface area contributed by atoms with Crippen molar-refractivity contribution >= 4 is 11.9 Å². The molecule has 0 aliphatic carbocycles. The lowest BCUT2D eigenvalue weighted by atomic mass is 10.1. The average molecular weight is 378 g/mol. The van der Waals surface area contributed by atoms with Crippen LogP contribution in [0.1, 0.15) is 20.7 Å². The van der Waals surface area contributed by atoms with Crippen LogP contribution in [0.15, 0.2) is 72.8 Å². The molecule has 3 aromatic rings. The van der Waals surface area contributed by atoms with Crippen LogP contribution in [0.2, 0.25) is 0 Å². The van der Waals surface area contributed by atoms with Crippen LogP contribution in [0.5, 0.6) is 23.0 Å². The standard InChI is InChI=1S/C22H18O6/c1-25-17-7-11-19(12-8-17)27-21(23)15-3-5-16(6-4-15)22(24)28-20-13-9-18(26-2)10-14-20/h3-14H,1-2H3. The summed E-state index contributed by atoms with van der Waals surface area (Å²) in [6, 6.07) is 19.4.